The van der Waals surface area contributed by atoms with Crippen molar-refractivity contribution < 1.29 is 4.79 Å². The van der Waals surface area contributed by atoms with Crippen LogP contribution in [0.25, 0.3) is 0 Å². The lowest BCUT2D eigenvalue weighted by Gasteiger charge is -2.27. The third-order valence-electron chi connectivity index (χ3n) is 5.95. The fraction of sp³-hybridized carbons (Fsp3) is 0.783. The zero-order valence-corrected chi connectivity index (χ0v) is 16.7. The molecule has 0 aromatic rings. The third kappa shape index (κ3) is 6.31. The Hall–Kier alpha value is -1.05. The maximum Gasteiger partial charge on any atom is 0.253 e. The normalized spacial score (nSPS) is 18.9. The molecule has 1 saturated carbocycles. The summed E-state index contributed by atoms with van der Waals surface area (Å²) in [5.74, 6) is 0.976. The molecule has 1 unspecified atom stereocenters. The molecule has 1 amide bonds. The third-order valence-corrected chi connectivity index (χ3v) is 5.95. The van der Waals surface area contributed by atoms with E-state index in [-0.39, 0.29) is 5.91 Å². The van der Waals surface area contributed by atoms with Crippen LogP contribution in [-0.2, 0) is 4.79 Å². The maximum absolute atomic E-state index is 12.6. The predicted molar refractivity (Wildman–Crippen MR) is 107 cm³/mol. The predicted octanol–water partition coefficient (Wildman–Crippen LogP) is 6.77. The van der Waals surface area contributed by atoms with Gasteiger partial charge in [-0.15, -0.1) is 0 Å². The molecule has 2 bridgehead atoms. The SMILES string of the molecule is C=C(C)C(=O)N(CCCCCCCCCCCC)C1=C2CCC(C2)C1. The van der Waals surface area contributed by atoms with E-state index in [0.29, 0.717) is 5.57 Å². The molecule has 0 aromatic carbocycles. The molecular formula is C23H39NO. The molecule has 1 fully saturated rings. The van der Waals surface area contributed by atoms with E-state index >= 15 is 0 Å². The molecule has 0 aromatic heterocycles. The highest BCUT2D eigenvalue weighted by Crippen LogP contribution is 2.45. The summed E-state index contributed by atoms with van der Waals surface area (Å²) in [5, 5.41) is 0. The average molecular weight is 346 g/mol. The lowest BCUT2D eigenvalue weighted by atomic mass is 10.0. The summed E-state index contributed by atoms with van der Waals surface area (Å²) >= 11 is 0. The van der Waals surface area contributed by atoms with Crippen molar-refractivity contribution in [1.29, 1.82) is 0 Å². The van der Waals surface area contributed by atoms with Crippen molar-refractivity contribution in [3.8, 4) is 0 Å². The number of allylic oxidation sites excluding steroid dienone is 2. The van der Waals surface area contributed by atoms with Crippen LogP contribution in [0.15, 0.2) is 23.4 Å². The lowest BCUT2D eigenvalue weighted by Crippen LogP contribution is -2.32. The fourth-order valence-corrected chi connectivity index (χ4v) is 4.43. The molecule has 1 atom stereocenters. The van der Waals surface area contributed by atoms with Gasteiger partial charge in [0.2, 0.25) is 0 Å². The molecule has 25 heavy (non-hydrogen) atoms. The minimum absolute atomic E-state index is 0.158. The van der Waals surface area contributed by atoms with Crippen molar-refractivity contribution >= 4 is 5.91 Å². The van der Waals surface area contributed by atoms with Gasteiger partial charge in [-0.05, 0) is 44.9 Å². The Kier molecular flexibility index (Phi) is 8.78. The number of hydrogen-bond donors (Lipinski definition) is 0. The molecule has 142 valence electrons. The molecule has 0 radical (unpaired) electrons. The van der Waals surface area contributed by atoms with Crippen molar-refractivity contribution in [3.05, 3.63) is 23.4 Å². The van der Waals surface area contributed by atoms with Gasteiger partial charge < -0.3 is 4.90 Å². The minimum Gasteiger partial charge on any atom is -0.312 e. The quantitative estimate of drug-likeness (QED) is 0.266. The van der Waals surface area contributed by atoms with Gasteiger partial charge in [-0.3, -0.25) is 4.79 Å². The van der Waals surface area contributed by atoms with E-state index in [0.717, 1.165) is 25.3 Å². The Balaban J connectivity index is 1.65. The van der Waals surface area contributed by atoms with Gasteiger partial charge >= 0.3 is 0 Å². The molecule has 2 aliphatic rings. The van der Waals surface area contributed by atoms with E-state index in [9.17, 15) is 4.79 Å². The van der Waals surface area contributed by atoms with Crippen molar-refractivity contribution in [2.45, 2.75) is 104 Å². The Morgan fingerprint density at radius 2 is 1.60 bits per heavy atom. The summed E-state index contributed by atoms with van der Waals surface area (Å²) in [6.07, 6.45) is 18.3. The van der Waals surface area contributed by atoms with Gasteiger partial charge in [-0.25, -0.2) is 0 Å². The van der Waals surface area contributed by atoms with Crippen LogP contribution in [0.2, 0.25) is 0 Å². The fourth-order valence-electron chi connectivity index (χ4n) is 4.43. The first-order chi connectivity index (χ1) is 12.1. The summed E-state index contributed by atoms with van der Waals surface area (Å²) in [7, 11) is 0. The minimum atomic E-state index is 0.158. The number of carbonyl (C=O) groups excluding carboxylic acids is 1. The second-order valence-electron chi connectivity index (χ2n) is 8.28. The zero-order valence-electron chi connectivity index (χ0n) is 16.7. The van der Waals surface area contributed by atoms with Crippen LogP contribution >= 0.6 is 0 Å². The van der Waals surface area contributed by atoms with Crippen LogP contribution < -0.4 is 0 Å². The molecule has 0 heterocycles. The summed E-state index contributed by atoms with van der Waals surface area (Å²) in [5.41, 5.74) is 3.61. The van der Waals surface area contributed by atoms with Crippen molar-refractivity contribution in [2.24, 2.45) is 5.92 Å². The number of rotatable bonds is 13. The second kappa shape index (κ2) is 10.8. The van der Waals surface area contributed by atoms with Crippen LogP contribution in [-0.4, -0.2) is 17.4 Å². The lowest BCUT2D eigenvalue weighted by molar-refractivity contribution is -0.125. The van der Waals surface area contributed by atoms with Crippen LogP contribution in [0.1, 0.15) is 104 Å². The van der Waals surface area contributed by atoms with Crippen molar-refractivity contribution in [3.63, 3.8) is 0 Å². The molecule has 2 nitrogen and oxygen atoms in total. The van der Waals surface area contributed by atoms with Gasteiger partial charge in [-0.1, -0.05) is 76.9 Å². The topological polar surface area (TPSA) is 20.3 Å². The Morgan fingerprint density at radius 1 is 1.00 bits per heavy atom. The number of carbonyl (C=O) groups is 1. The monoisotopic (exact) mass is 345 g/mol. The van der Waals surface area contributed by atoms with Gasteiger partial charge in [0, 0.05) is 17.8 Å². The number of fused-ring (bicyclic) bond motifs is 2. The molecule has 0 aliphatic heterocycles. The first-order valence-corrected chi connectivity index (χ1v) is 10.8. The van der Waals surface area contributed by atoms with Gasteiger partial charge in [0.25, 0.3) is 5.91 Å². The van der Waals surface area contributed by atoms with E-state index in [1.54, 1.807) is 5.57 Å². The van der Waals surface area contributed by atoms with Crippen molar-refractivity contribution in [2.75, 3.05) is 6.54 Å². The van der Waals surface area contributed by atoms with Crippen LogP contribution in [0.5, 0.6) is 0 Å². The highest BCUT2D eigenvalue weighted by molar-refractivity contribution is 5.93. The Labute approximate surface area is 155 Å². The van der Waals surface area contributed by atoms with E-state index in [1.807, 2.05) is 6.92 Å². The average Bonchev–Trinajstić information content (AvgIpc) is 3.22. The first-order valence-electron chi connectivity index (χ1n) is 10.8. The maximum atomic E-state index is 12.6. The largest absolute Gasteiger partial charge is 0.312 e. The highest BCUT2D eigenvalue weighted by Gasteiger charge is 2.34. The van der Waals surface area contributed by atoms with Gasteiger partial charge in [-0.2, -0.15) is 0 Å². The molecule has 0 spiro atoms. The van der Waals surface area contributed by atoms with Crippen molar-refractivity contribution in [1.82, 2.24) is 4.90 Å². The Morgan fingerprint density at radius 3 is 2.08 bits per heavy atom. The number of hydrogen-bond acceptors (Lipinski definition) is 1. The second-order valence-corrected chi connectivity index (χ2v) is 8.28. The molecule has 0 saturated heterocycles. The standard InChI is InChI=1S/C23H39NO/c1-4-5-6-7-8-9-10-11-12-13-16-24(23(25)19(2)3)22-18-20-14-15-21(22)17-20/h20H,2,4-18H2,1,3H3. The van der Waals surface area contributed by atoms with E-state index < -0.39 is 0 Å². The van der Waals surface area contributed by atoms with E-state index in [4.69, 9.17) is 0 Å². The Bertz CT molecular complexity index is 476. The van der Waals surface area contributed by atoms with Crippen LogP contribution in [0.4, 0.5) is 0 Å². The number of unbranched alkanes of at least 4 members (excludes halogenated alkanes) is 9. The summed E-state index contributed by atoms with van der Waals surface area (Å²) < 4.78 is 0. The zero-order chi connectivity index (χ0) is 18.1. The molecular weight excluding hydrogens is 306 g/mol. The summed E-state index contributed by atoms with van der Waals surface area (Å²) in [6, 6.07) is 0. The molecule has 2 aliphatic carbocycles. The smallest absolute Gasteiger partial charge is 0.253 e. The highest BCUT2D eigenvalue weighted by atomic mass is 16.2. The van der Waals surface area contributed by atoms with Gasteiger partial charge in [0.05, 0.1) is 0 Å². The molecule has 2 rings (SSSR count). The van der Waals surface area contributed by atoms with Crippen LogP contribution in [0.3, 0.4) is 0 Å². The number of amides is 1. The van der Waals surface area contributed by atoms with E-state index in [1.165, 1.54) is 82.7 Å². The molecule has 2 heteroatoms. The van der Waals surface area contributed by atoms with E-state index in [2.05, 4.69) is 18.4 Å². The molecule has 0 N–H and O–H groups in total. The number of nitrogens with zero attached hydrogens (tertiary/aromatic N) is 1. The van der Waals surface area contributed by atoms with Gasteiger partial charge in [0.15, 0.2) is 0 Å². The van der Waals surface area contributed by atoms with Gasteiger partial charge in [0.1, 0.15) is 0 Å². The first kappa shape index (κ1) is 20.3. The van der Waals surface area contributed by atoms with Crippen LogP contribution in [0, 0.1) is 5.92 Å². The summed E-state index contributed by atoms with van der Waals surface area (Å²) in [6.45, 7) is 8.92. The summed E-state index contributed by atoms with van der Waals surface area (Å²) in [4.78, 5) is 14.7.